The van der Waals surface area contributed by atoms with Gasteiger partial charge in [-0.25, -0.2) is 0 Å². The first-order valence-electron chi connectivity index (χ1n) is 5.63. The van der Waals surface area contributed by atoms with Gasteiger partial charge in [-0.05, 0) is 37.0 Å². The minimum atomic E-state index is 0.518. The maximum atomic E-state index is 3.82. The molecule has 0 spiro atoms. The maximum absolute atomic E-state index is 3.82. The van der Waals surface area contributed by atoms with Crippen LogP contribution in [0.4, 0.5) is 0 Å². The molecule has 1 aliphatic carbocycles. The van der Waals surface area contributed by atoms with Gasteiger partial charge in [0.2, 0.25) is 0 Å². The SMILES string of the molecule is CC(C)(C)CCC1CCCCC1Br. The van der Waals surface area contributed by atoms with E-state index in [2.05, 4.69) is 36.7 Å². The van der Waals surface area contributed by atoms with Crippen LogP contribution in [0.15, 0.2) is 0 Å². The summed E-state index contributed by atoms with van der Waals surface area (Å²) in [4.78, 5) is 0.809. The zero-order chi connectivity index (χ0) is 9.90. The lowest BCUT2D eigenvalue weighted by atomic mass is 9.81. The number of hydrogen-bond donors (Lipinski definition) is 0. The van der Waals surface area contributed by atoms with Crippen molar-refractivity contribution < 1.29 is 0 Å². The predicted octanol–water partition coefficient (Wildman–Crippen LogP) is 4.77. The highest BCUT2D eigenvalue weighted by molar-refractivity contribution is 9.09. The molecule has 0 aromatic carbocycles. The van der Waals surface area contributed by atoms with Crippen molar-refractivity contribution in [1.29, 1.82) is 0 Å². The molecule has 0 bridgehead atoms. The number of halogens is 1. The average Bonchev–Trinajstić information content (AvgIpc) is 2.01. The van der Waals surface area contributed by atoms with Crippen LogP contribution in [0.1, 0.15) is 59.3 Å². The van der Waals surface area contributed by atoms with Crippen molar-refractivity contribution >= 4 is 15.9 Å². The lowest BCUT2D eigenvalue weighted by Gasteiger charge is -2.29. The van der Waals surface area contributed by atoms with Crippen molar-refractivity contribution in [2.45, 2.75) is 64.1 Å². The van der Waals surface area contributed by atoms with E-state index in [1.54, 1.807) is 0 Å². The van der Waals surface area contributed by atoms with E-state index >= 15 is 0 Å². The Morgan fingerprint density at radius 3 is 2.31 bits per heavy atom. The third kappa shape index (κ3) is 4.49. The molecule has 0 nitrogen and oxygen atoms in total. The molecule has 0 aromatic rings. The quantitative estimate of drug-likeness (QED) is 0.617. The number of alkyl halides is 1. The van der Waals surface area contributed by atoms with Crippen LogP contribution in [0.25, 0.3) is 0 Å². The second-order valence-electron chi connectivity index (χ2n) is 5.66. The van der Waals surface area contributed by atoms with Crippen molar-refractivity contribution in [3.63, 3.8) is 0 Å². The van der Waals surface area contributed by atoms with E-state index in [1.807, 2.05) is 0 Å². The normalized spacial score (nSPS) is 30.5. The molecule has 0 radical (unpaired) electrons. The fraction of sp³-hybridized carbons (Fsp3) is 1.00. The van der Waals surface area contributed by atoms with E-state index in [1.165, 1.54) is 38.5 Å². The van der Waals surface area contributed by atoms with Crippen LogP contribution in [0.2, 0.25) is 0 Å². The molecule has 1 rings (SSSR count). The Morgan fingerprint density at radius 1 is 1.15 bits per heavy atom. The zero-order valence-electron chi connectivity index (χ0n) is 9.28. The van der Waals surface area contributed by atoms with Gasteiger partial charge in [-0.2, -0.15) is 0 Å². The summed E-state index contributed by atoms with van der Waals surface area (Å²) in [5.74, 6) is 0.952. The van der Waals surface area contributed by atoms with Gasteiger partial charge in [-0.1, -0.05) is 49.5 Å². The molecule has 1 saturated carbocycles. The summed E-state index contributed by atoms with van der Waals surface area (Å²) in [5, 5.41) is 0. The van der Waals surface area contributed by atoms with E-state index in [0.717, 1.165) is 10.7 Å². The Morgan fingerprint density at radius 2 is 1.77 bits per heavy atom. The minimum absolute atomic E-state index is 0.518. The summed E-state index contributed by atoms with van der Waals surface area (Å²) in [5.41, 5.74) is 0.518. The van der Waals surface area contributed by atoms with Gasteiger partial charge in [0.25, 0.3) is 0 Å². The Bertz CT molecular complexity index is 146. The smallest absolute Gasteiger partial charge is 0.0174 e. The molecule has 1 heteroatoms. The Kier molecular flexibility index (Phi) is 4.28. The molecule has 13 heavy (non-hydrogen) atoms. The van der Waals surface area contributed by atoms with Crippen molar-refractivity contribution in [3.05, 3.63) is 0 Å². The van der Waals surface area contributed by atoms with Crippen LogP contribution in [0.3, 0.4) is 0 Å². The van der Waals surface area contributed by atoms with Gasteiger partial charge in [-0.15, -0.1) is 0 Å². The van der Waals surface area contributed by atoms with Crippen LogP contribution in [0, 0.1) is 11.3 Å². The minimum Gasteiger partial charge on any atom is -0.0888 e. The molecule has 78 valence electrons. The van der Waals surface area contributed by atoms with E-state index < -0.39 is 0 Å². The molecule has 2 atom stereocenters. The van der Waals surface area contributed by atoms with E-state index in [-0.39, 0.29) is 0 Å². The largest absolute Gasteiger partial charge is 0.0888 e. The second-order valence-corrected chi connectivity index (χ2v) is 6.84. The average molecular weight is 247 g/mol. The highest BCUT2D eigenvalue weighted by atomic mass is 79.9. The third-order valence-corrected chi connectivity index (χ3v) is 4.29. The molecule has 1 fully saturated rings. The van der Waals surface area contributed by atoms with E-state index in [0.29, 0.717) is 5.41 Å². The molecule has 0 heterocycles. The summed E-state index contributed by atoms with van der Waals surface area (Å²) in [6, 6.07) is 0. The maximum Gasteiger partial charge on any atom is 0.0174 e. The fourth-order valence-electron chi connectivity index (χ4n) is 2.11. The van der Waals surface area contributed by atoms with Crippen LogP contribution in [-0.4, -0.2) is 4.83 Å². The van der Waals surface area contributed by atoms with Crippen LogP contribution in [0.5, 0.6) is 0 Å². The van der Waals surface area contributed by atoms with Crippen LogP contribution >= 0.6 is 15.9 Å². The van der Waals surface area contributed by atoms with Crippen molar-refractivity contribution in [1.82, 2.24) is 0 Å². The van der Waals surface area contributed by atoms with Crippen LogP contribution < -0.4 is 0 Å². The first kappa shape index (κ1) is 11.6. The summed E-state index contributed by atoms with van der Waals surface area (Å²) in [6.45, 7) is 7.04. The molecule has 0 amide bonds. The van der Waals surface area contributed by atoms with Gasteiger partial charge in [0.1, 0.15) is 0 Å². The molecular formula is C12H23Br. The van der Waals surface area contributed by atoms with Gasteiger partial charge in [0.05, 0.1) is 0 Å². The summed E-state index contributed by atoms with van der Waals surface area (Å²) >= 11 is 3.82. The van der Waals surface area contributed by atoms with Crippen molar-refractivity contribution in [3.8, 4) is 0 Å². The first-order chi connectivity index (χ1) is 5.99. The second kappa shape index (κ2) is 4.82. The van der Waals surface area contributed by atoms with Gasteiger partial charge >= 0.3 is 0 Å². The third-order valence-electron chi connectivity index (χ3n) is 3.08. The highest BCUT2D eigenvalue weighted by Crippen LogP contribution is 2.35. The molecular weight excluding hydrogens is 224 g/mol. The van der Waals surface area contributed by atoms with Crippen molar-refractivity contribution in [2.24, 2.45) is 11.3 Å². The standard InChI is InChI=1S/C12H23Br/c1-12(2,3)9-8-10-6-4-5-7-11(10)13/h10-11H,4-9H2,1-3H3. The Hall–Kier alpha value is 0.480. The van der Waals surface area contributed by atoms with Gasteiger partial charge in [0, 0.05) is 4.83 Å². The number of rotatable bonds is 2. The summed E-state index contributed by atoms with van der Waals surface area (Å²) < 4.78 is 0. The van der Waals surface area contributed by atoms with Crippen molar-refractivity contribution in [2.75, 3.05) is 0 Å². The zero-order valence-corrected chi connectivity index (χ0v) is 10.9. The Labute approximate surface area is 91.6 Å². The monoisotopic (exact) mass is 246 g/mol. The topological polar surface area (TPSA) is 0 Å². The van der Waals surface area contributed by atoms with Gasteiger partial charge < -0.3 is 0 Å². The molecule has 0 aliphatic heterocycles. The Balaban J connectivity index is 2.27. The lowest BCUT2D eigenvalue weighted by Crippen LogP contribution is -2.21. The van der Waals surface area contributed by atoms with Gasteiger partial charge in [-0.3, -0.25) is 0 Å². The van der Waals surface area contributed by atoms with E-state index in [4.69, 9.17) is 0 Å². The molecule has 0 saturated heterocycles. The summed E-state index contributed by atoms with van der Waals surface area (Å²) in [7, 11) is 0. The lowest BCUT2D eigenvalue weighted by molar-refractivity contribution is 0.282. The van der Waals surface area contributed by atoms with Crippen LogP contribution in [-0.2, 0) is 0 Å². The predicted molar refractivity (Wildman–Crippen MR) is 63.4 cm³/mol. The molecule has 0 aromatic heterocycles. The van der Waals surface area contributed by atoms with Gasteiger partial charge in [0.15, 0.2) is 0 Å². The molecule has 1 aliphatic rings. The van der Waals surface area contributed by atoms with E-state index in [9.17, 15) is 0 Å². The highest BCUT2D eigenvalue weighted by Gasteiger charge is 2.24. The number of hydrogen-bond acceptors (Lipinski definition) is 0. The fourth-order valence-corrected chi connectivity index (χ4v) is 2.96. The first-order valence-corrected chi connectivity index (χ1v) is 6.55. The molecule has 2 unspecified atom stereocenters. The molecule has 0 N–H and O–H groups in total. The summed E-state index contributed by atoms with van der Waals surface area (Å²) in [6.07, 6.45) is 8.53.